The zero-order valence-corrected chi connectivity index (χ0v) is 19.7. The lowest BCUT2D eigenvalue weighted by molar-refractivity contribution is -0.122. The van der Waals surface area contributed by atoms with Crippen LogP contribution in [0.2, 0.25) is 0 Å². The van der Waals surface area contributed by atoms with Gasteiger partial charge < -0.3 is 24.3 Å². The number of nitrogens with one attached hydrogen (secondary N) is 1. The summed E-state index contributed by atoms with van der Waals surface area (Å²) >= 11 is 0. The number of pyridine rings is 1. The number of carbonyl (C=O) groups excluding carboxylic acids is 1. The number of likely N-dealkylation sites (tertiary alicyclic amines) is 1. The number of nitrogens with zero attached hydrogens (tertiary/aromatic N) is 2. The van der Waals surface area contributed by atoms with E-state index in [1.165, 1.54) is 0 Å². The maximum atomic E-state index is 13.3. The lowest BCUT2D eigenvalue weighted by Gasteiger charge is -2.21. The number of carboxylic acid groups (broad SMARTS) is 1. The minimum Gasteiger partial charge on any atom is -0.483 e. The van der Waals surface area contributed by atoms with Crippen molar-refractivity contribution in [3.63, 3.8) is 0 Å². The van der Waals surface area contributed by atoms with Gasteiger partial charge in [0, 0.05) is 41.8 Å². The van der Waals surface area contributed by atoms with Crippen LogP contribution in [0.3, 0.4) is 0 Å². The molecule has 0 unspecified atom stereocenters. The Morgan fingerprint density at radius 2 is 2.00 bits per heavy atom. The van der Waals surface area contributed by atoms with Gasteiger partial charge in [-0.3, -0.25) is 14.4 Å². The summed E-state index contributed by atoms with van der Waals surface area (Å²) in [5.41, 5.74) is 3.26. The molecule has 1 saturated heterocycles. The SMILES string of the molecule is CN(C)[C@H]1CCN(C(=O)c2coc3c(C(C)(C)C)cc(-c4ccc[nH]c4=O)cc23)C1.O=CO. The van der Waals surface area contributed by atoms with E-state index in [4.69, 9.17) is 14.3 Å². The number of H-pyrrole nitrogens is 1. The molecule has 1 aromatic carbocycles. The molecule has 0 spiro atoms. The van der Waals surface area contributed by atoms with Gasteiger partial charge in [-0.05, 0) is 55.8 Å². The van der Waals surface area contributed by atoms with E-state index in [9.17, 15) is 9.59 Å². The molecule has 2 N–H and O–H groups in total. The number of benzene rings is 1. The maximum absolute atomic E-state index is 13.3. The summed E-state index contributed by atoms with van der Waals surface area (Å²) in [6.45, 7) is 7.51. The molecule has 0 aliphatic carbocycles. The first-order valence-electron chi connectivity index (χ1n) is 10.9. The second kappa shape index (κ2) is 9.62. The zero-order chi connectivity index (χ0) is 24.3. The Kier molecular flexibility index (Phi) is 7.07. The number of fused-ring (bicyclic) bond motifs is 1. The summed E-state index contributed by atoms with van der Waals surface area (Å²) in [6, 6.07) is 7.89. The average molecular weight is 454 g/mol. The third kappa shape index (κ3) is 5.01. The van der Waals surface area contributed by atoms with E-state index in [1.54, 1.807) is 18.5 Å². The van der Waals surface area contributed by atoms with Crippen LogP contribution in [-0.4, -0.2) is 65.5 Å². The number of amides is 1. The topological polar surface area (TPSA) is 107 Å². The van der Waals surface area contributed by atoms with Crippen LogP contribution >= 0.6 is 0 Å². The average Bonchev–Trinajstić information content (AvgIpc) is 3.40. The van der Waals surface area contributed by atoms with Gasteiger partial charge in [-0.15, -0.1) is 0 Å². The van der Waals surface area contributed by atoms with Gasteiger partial charge in [0.05, 0.1) is 5.56 Å². The molecule has 3 heterocycles. The summed E-state index contributed by atoms with van der Waals surface area (Å²) in [5.74, 6) is -0.0166. The Bertz CT molecular complexity index is 1200. The molecule has 0 saturated carbocycles. The van der Waals surface area contributed by atoms with Gasteiger partial charge in [-0.25, -0.2) is 0 Å². The molecule has 3 aromatic rings. The van der Waals surface area contributed by atoms with Crippen molar-refractivity contribution in [2.45, 2.75) is 38.6 Å². The summed E-state index contributed by atoms with van der Waals surface area (Å²) in [4.78, 5) is 40.9. The molecule has 1 fully saturated rings. The van der Waals surface area contributed by atoms with Gasteiger partial charge >= 0.3 is 0 Å². The zero-order valence-electron chi connectivity index (χ0n) is 19.7. The molecule has 1 aliphatic heterocycles. The third-order valence-electron chi connectivity index (χ3n) is 6.02. The van der Waals surface area contributed by atoms with Crippen LogP contribution in [0.4, 0.5) is 0 Å². The lowest BCUT2D eigenvalue weighted by atomic mass is 9.84. The van der Waals surface area contributed by atoms with Gasteiger partial charge in [-0.2, -0.15) is 0 Å². The van der Waals surface area contributed by atoms with Gasteiger partial charge in [-0.1, -0.05) is 20.8 Å². The van der Waals surface area contributed by atoms with Crippen molar-refractivity contribution in [3.8, 4) is 11.1 Å². The molecule has 176 valence electrons. The highest BCUT2D eigenvalue weighted by Gasteiger charge is 2.31. The molecule has 4 rings (SSSR count). The molecular weight excluding hydrogens is 422 g/mol. The molecular formula is C25H31N3O5. The van der Waals surface area contributed by atoms with E-state index in [0.29, 0.717) is 29.3 Å². The number of aromatic amines is 1. The summed E-state index contributed by atoms with van der Waals surface area (Å²) in [5, 5.41) is 7.65. The first-order valence-corrected chi connectivity index (χ1v) is 10.9. The molecule has 1 amide bonds. The smallest absolute Gasteiger partial charge is 0.290 e. The normalized spacial score (nSPS) is 16.1. The number of furan rings is 1. The van der Waals surface area contributed by atoms with Crippen molar-refractivity contribution in [1.29, 1.82) is 0 Å². The Morgan fingerprint density at radius 3 is 2.58 bits per heavy atom. The summed E-state index contributed by atoms with van der Waals surface area (Å²) in [7, 11) is 4.09. The summed E-state index contributed by atoms with van der Waals surface area (Å²) in [6.07, 6.45) is 4.16. The number of aromatic nitrogens is 1. The van der Waals surface area contributed by atoms with Crippen molar-refractivity contribution in [3.05, 3.63) is 58.2 Å². The largest absolute Gasteiger partial charge is 0.483 e. The monoisotopic (exact) mass is 453 g/mol. The lowest BCUT2D eigenvalue weighted by Crippen LogP contribution is -2.34. The van der Waals surface area contributed by atoms with E-state index in [0.717, 1.165) is 29.5 Å². The number of likely N-dealkylation sites (N-methyl/N-ethyl adjacent to an activating group) is 1. The van der Waals surface area contributed by atoms with Crippen LogP contribution in [0.5, 0.6) is 0 Å². The van der Waals surface area contributed by atoms with E-state index in [1.807, 2.05) is 37.2 Å². The third-order valence-corrected chi connectivity index (χ3v) is 6.02. The number of rotatable bonds is 3. The molecule has 33 heavy (non-hydrogen) atoms. The van der Waals surface area contributed by atoms with Crippen LogP contribution < -0.4 is 5.56 Å². The highest BCUT2D eigenvalue weighted by molar-refractivity contribution is 6.07. The van der Waals surface area contributed by atoms with Gasteiger partial charge in [0.2, 0.25) is 0 Å². The van der Waals surface area contributed by atoms with Crippen LogP contribution in [0.15, 0.2) is 45.9 Å². The molecule has 0 bridgehead atoms. The fourth-order valence-electron chi connectivity index (χ4n) is 4.18. The van der Waals surface area contributed by atoms with E-state index >= 15 is 0 Å². The minimum absolute atomic E-state index is 0.0166. The molecule has 1 aliphatic rings. The highest BCUT2D eigenvalue weighted by atomic mass is 16.3. The van der Waals surface area contributed by atoms with Crippen LogP contribution in [0, 0.1) is 0 Å². The Balaban J connectivity index is 0.000000968. The van der Waals surface area contributed by atoms with Crippen LogP contribution in [0.25, 0.3) is 22.1 Å². The Morgan fingerprint density at radius 1 is 1.30 bits per heavy atom. The fraction of sp³-hybridized carbons (Fsp3) is 0.400. The molecule has 0 radical (unpaired) electrons. The fourth-order valence-corrected chi connectivity index (χ4v) is 4.18. The van der Waals surface area contributed by atoms with E-state index in [2.05, 4.69) is 30.7 Å². The second-order valence-electron chi connectivity index (χ2n) is 9.48. The van der Waals surface area contributed by atoms with Crippen LogP contribution in [0.1, 0.15) is 43.1 Å². The van der Waals surface area contributed by atoms with Crippen molar-refractivity contribution < 1.29 is 19.1 Å². The number of carbonyl (C=O) groups is 2. The molecule has 8 nitrogen and oxygen atoms in total. The number of hydrogen-bond donors (Lipinski definition) is 2. The Labute approximate surface area is 192 Å². The standard InChI is InChI=1S/C24H29N3O3.CH2O2/c1-24(2,3)20-12-15(17-7-6-9-25-22(17)28)11-18-19(14-30-21(18)20)23(29)27-10-8-16(13-27)26(4)5;2-1-3/h6-7,9,11-12,14,16H,8,10,13H2,1-5H3,(H,25,28);1H,(H,2,3)/t16-;/m0./s1. The van der Waals surface area contributed by atoms with Crippen molar-refractivity contribution >= 4 is 23.3 Å². The predicted molar refractivity (Wildman–Crippen MR) is 128 cm³/mol. The summed E-state index contributed by atoms with van der Waals surface area (Å²) < 4.78 is 5.94. The van der Waals surface area contributed by atoms with E-state index < -0.39 is 0 Å². The maximum Gasteiger partial charge on any atom is 0.290 e. The minimum atomic E-state index is -0.250. The second-order valence-corrected chi connectivity index (χ2v) is 9.48. The predicted octanol–water partition coefficient (Wildman–Crippen LogP) is 3.56. The first-order chi connectivity index (χ1) is 15.6. The number of hydrogen-bond acceptors (Lipinski definition) is 5. The van der Waals surface area contributed by atoms with Gasteiger partial charge in [0.15, 0.2) is 0 Å². The van der Waals surface area contributed by atoms with E-state index in [-0.39, 0.29) is 23.4 Å². The van der Waals surface area contributed by atoms with Crippen molar-refractivity contribution in [2.75, 3.05) is 27.2 Å². The van der Waals surface area contributed by atoms with Crippen molar-refractivity contribution in [2.24, 2.45) is 0 Å². The Hall–Kier alpha value is -3.39. The molecule has 1 atom stereocenters. The van der Waals surface area contributed by atoms with Crippen LogP contribution in [-0.2, 0) is 10.2 Å². The van der Waals surface area contributed by atoms with Gasteiger partial charge in [0.1, 0.15) is 11.8 Å². The first kappa shape index (κ1) is 24.3. The quantitative estimate of drug-likeness (QED) is 0.587. The molecule has 8 heteroatoms. The van der Waals surface area contributed by atoms with Crippen molar-refractivity contribution in [1.82, 2.24) is 14.8 Å². The van der Waals surface area contributed by atoms with Gasteiger partial charge in [0.25, 0.3) is 17.9 Å². The highest BCUT2D eigenvalue weighted by Crippen LogP contribution is 2.37. The molecule has 2 aromatic heterocycles.